The van der Waals surface area contributed by atoms with Crippen LogP contribution in [0, 0.1) is 0 Å². The molecule has 0 heterocycles. The largest absolute Gasteiger partial charge is 0.356 e. The molecule has 9 heteroatoms. The van der Waals surface area contributed by atoms with Gasteiger partial charge in [-0.25, -0.2) is 13.1 Å². The van der Waals surface area contributed by atoms with Crippen LogP contribution in [0.4, 0.5) is 11.4 Å². The van der Waals surface area contributed by atoms with Gasteiger partial charge in [0, 0.05) is 19.5 Å². The zero-order valence-corrected chi connectivity index (χ0v) is 16.4. The van der Waals surface area contributed by atoms with Crippen LogP contribution in [-0.2, 0) is 14.8 Å². The van der Waals surface area contributed by atoms with Gasteiger partial charge in [0.05, 0.1) is 16.3 Å². The molecule has 150 valence electrons. The first-order chi connectivity index (χ1) is 13.5. The van der Waals surface area contributed by atoms with E-state index in [0.717, 1.165) is 6.42 Å². The maximum absolute atomic E-state index is 12.3. The third kappa shape index (κ3) is 7.55. The number of amides is 1. The van der Waals surface area contributed by atoms with Crippen molar-refractivity contribution in [3.63, 3.8) is 0 Å². The lowest BCUT2D eigenvalue weighted by atomic mass is 10.3. The smallest absolute Gasteiger partial charge is 0.240 e. The molecule has 0 aromatic heterocycles. The Morgan fingerprint density at radius 3 is 2.18 bits per heavy atom. The Morgan fingerprint density at radius 2 is 1.54 bits per heavy atom. The summed E-state index contributed by atoms with van der Waals surface area (Å²) in [5.41, 5.74) is 6.62. The van der Waals surface area contributed by atoms with Crippen molar-refractivity contribution in [1.29, 1.82) is 0 Å². The van der Waals surface area contributed by atoms with Crippen molar-refractivity contribution < 1.29 is 13.2 Å². The van der Waals surface area contributed by atoms with Gasteiger partial charge in [-0.15, -0.1) is 0 Å². The Hall–Kier alpha value is -2.62. The van der Waals surface area contributed by atoms with Gasteiger partial charge >= 0.3 is 0 Å². The number of nitrogens with one attached hydrogen (secondary N) is 2. The molecule has 2 aromatic rings. The molecule has 0 fully saturated rings. The summed E-state index contributed by atoms with van der Waals surface area (Å²) in [5, 5.41) is 10.9. The summed E-state index contributed by atoms with van der Waals surface area (Å²) >= 11 is 0. The minimum atomic E-state index is -3.63. The van der Waals surface area contributed by atoms with E-state index in [9.17, 15) is 13.2 Å². The van der Waals surface area contributed by atoms with Gasteiger partial charge in [0.1, 0.15) is 0 Å². The zero-order valence-electron chi connectivity index (χ0n) is 15.5. The highest BCUT2D eigenvalue weighted by Crippen LogP contribution is 2.20. The molecule has 0 aliphatic heterocycles. The van der Waals surface area contributed by atoms with Crippen LogP contribution in [-0.4, -0.2) is 34.0 Å². The van der Waals surface area contributed by atoms with E-state index in [0.29, 0.717) is 30.9 Å². The third-order valence-corrected chi connectivity index (χ3v) is 5.24. The highest BCUT2D eigenvalue weighted by Gasteiger charge is 2.13. The molecule has 0 saturated heterocycles. The summed E-state index contributed by atoms with van der Waals surface area (Å²) in [5.74, 6) is -0.110. The number of nitrogens with zero attached hydrogens (tertiary/aromatic N) is 2. The van der Waals surface area contributed by atoms with Crippen molar-refractivity contribution in [3.8, 4) is 0 Å². The molecule has 0 saturated carbocycles. The van der Waals surface area contributed by atoms with Gasteiger partial charge in [-0.3, -0.25) is 4.79 Å². The van der Waals surface area contributed by atoms with E-state index in [4.69, 9.17) is 5.73 Å². The van der Waals surface area contributed by atoms with Crippen LogP contribution in [0.3, 0.4) is 0 Å². The first-order valence-corrected chi connectivity index (χ1v) is 10.5. The number of hydrogen-bond donors (Lipinski definition) is 3. The molecule has 0 atom stereocenters. The normalized spacial score (nSPS) is 11.6. The summed E-state index contributed by atoms with van der Waals surface area (Å²) in [6.45, 7) is 1.24. The molecule has 8 nitrogen and oxygen atoms in total. The van der Waals surface area contributed by atoms with Crippen LogP contribution in [0.2, 0.25) is 0 Å². The van der Waals surface area contributed by atoms with E-state index >= 15 is 0 Å². The van der Waals surface area contributed by atoms with Gasteiger partial charge in [-0.05, 0) is 55.8 Å². The molecule has 1 amide bonds. The Labute approximate surface area is 165 Å². The first kappa shape index (κ1) is 21.7. The molecule has 4 N–H and O–H groups in total. The van der Waals surface area contributed by atoms with Gasteiger partial charge in [-0.2, -0.15) is 10.2 Å². The number of sulfonamides is 1. The number of benzene rings is 2. The second-order valence-electron chi connectivity index (χ2n) is 6.02. The number of azo groups is 1. The topological polar surface area (TPSA) is 126 Å². The van der Waals surface area contributed by atoms with E-state index in [2.05, 4.69) is 20.3 Å². The lowest BCUT2D eigenvalue weighted by Crippen LogP contribution is -2.28. The van der Waals surface area contributed by atoms with Crippen molar-refractivity contribution in [3.05, 3.63) is 54.6 Å². The average molecular weight is 404 g/mol. The maximum Gasteiger partial charge on any atom is 0.240 e. The molecule has 2 aromatic carbocycles. The number of carbonyl (C=O) groups excluding carboxylic acids is 1. The Bertz CT molecular complexity index is 868. The van der Waals surface area contributed by atoms with Crippen molar-refractivity contribution in [1.82, 2.24) is 10.0 Å². The molecular formula is C19H25N5O3S. The summed E-state index contributed by atoms with van der Waals surface area (Å²) in [7, 11) is -3.63. The van der Waals surface area contributed by atoms with Crippen molar-refractivity contribution in [2.75, 3.05) is 19.6 Å². The second kappa shape index (κ2) is 11.3. The Kier molecular flexibility index (Phi) is 8.73. The number of rotatable bonds is 11. The summed E-state index contributed by atoms with van der Waals surface area (Å²) in [6, 6.07) is 15.4. The van der Waals surface area contributed by atoms with Crippen molar-refractivity contribution >= 4 is 27.3 Å². The lowest BCUT2D eigenvalue weighted by molar-refractivity contribution is -0.121. The molecule has 0 unspecified atom stereocenters. The molecule has 28 heavy (non-hydrogen) atoms. The highest BCUT2D eigenvalue weighted by atomic mass is 32.2. The number of carbonyl (C=O) groups is 1. The van der Waals surface area contributed by atoms with Gasteiger partial charge in [0.15, 0.2) is 0 Å². The second-order valence-corrected chi connectivity index (χ2v) is 7.79. The van der Waals surface area contributed by atoms with Crippen LogP contribution < -0.4 is 15.8 Å². The maximum atomic E-state index is 12.3. The summed E-state index contributed by atoms with van der Waals surface area (Å²) in [6.07, 6.45) is 1.39. The zero-order chi connectivity index (χ0) is 20.2. The molecule has 0 aliphatic rings. The van der Waals surface area contributed by atoms with Crippen molar-refractivity contribution in [2.24, 2.45) is 16.0 Å². The monoisotopic (exact) mass is 403 g/mol. The van der Waals surface area contributed by atoms with Crippen LogP contribution in [0.1, 0.15) is 19.3 Å². The molecular weight excluding hydrogens is 378 g/mol. The average Bonchev–Trinajstić information content (AvgIpc) is 2.71. The Balaban J connectivity index is 1.81. The minimum Gasteiger partial charge on any atom is -0.356 e. The standard InChI is InChI=1S/C19H25N5O3S/c20-13-5-14-21-19(25)8-4-15-22-28(26,27)18-11-9-17(10-12-18)24-23-16-6-2-1-3-7-16/h1-3,6-7,9-12,22H,4-5,8,13-15,20H2,(H,21,25). The lowest BCUT2D eigenvalue weighted by Gasteiger charge is -2.07. The predicted octanol–water partition coefficient (Wildman–Crippen LogP) is 2.63. The first-order valence-electron chi connectivity index (χ1n) is 9.04. The fraction of sp³-hybridized carbons (Fsp3) is 0.316. The van der Waals surface area contributed by atoms with E-state index in [1.165, 1.54) is 12.1 Å². The van der Waals surface area contributed by atoms with Gasteiger partial charge in [0.25, 0.3) is 0 Å². The van der Waals surface area contributed by atoms with E-state index in [1.54, 1.807) is 12.1 Å². The minimum absolute atomic E-state index is 0.110. The molecule has 0 radical (unpaired) electrons. The van der Waals surface area contributed by atoms with E-state index in [1.807, 2.05) is 30.3 Å². The molecule has 0 spiro atoms. The Morgan fingerprint density at radius 1 is 0.893 bits per heavy atom. The quantitative estimate of drug-likeness (QED) is 0.394. The summed E-state index contributed by atoms with van der Waals surface area (Å²) < 4.78 is 27.1. The molecule has 0 aliphatic carbocycles. The molecule has 2 rings (SSSR count). The number of nitrogens with two attached hydrogens (primary N) is 1. The van der Waals surface area contributed by atoms with Gasteiger partial charge in [-0.1, -0.05) is 18.2 Å². The van der Waals surface area contributed by atoms with E-state index in [-0.39, 0.29) is 23.8 Å². The number of hydrogen-bond acceptors (Lipinski definition) is 6. The van der Waals surface area contributed by atoms with Crippen LogP contribution >= 0.6 is 0 Å². The predicted molar refractivity (Wildman–Crippen MR) is 108 cm³/mol. The fourth-order valence-electron chi connectivity index (χ4n) is 2.26. The van der Waals surface area contributed by atoms with Crippen LogP contribution in [0.5, 0.6) is 0 Å². The van der Waals surface area contributed by atoms with Crippen molar-refractivity contribution in [2.45, 2.75) is 24.2 Å². The van der Waals surface area contributed by atoms with Crippen LogP contribution in [0.25, 0.3) is 0 Å². The SMILES string of the molecule is NCCCNC(=O)CCCNS(=O)(=O)c1ccc(N=Nc2ccccc2)cc1. The van der Waals surface area contributed by atoms with Gasteiger partial charge in [0.2, 0.25) is 15.9 Å². The summed E-state index contributed by atoms with van der Waals surface area (Å²) in [4.78, 5) is 11.7. The van der Waals surface area contributed by atoms with Crippen LogP contribution in [0.15, 0.2) is 69.7 Å². The van der Waals surface area contributed by atoms with Gasteiger partial charge < -0.3 is 11.1 Å². The fourth-order valence-corrected chi connectivity index (χ4v) is 3.33. The third-order valence-electron chi connectivity index (χ3n) is 3.76. The highest BCUT2D eigenvalue weighted by molar-refractivity contribution is 7.89. The molecule has 0 bridgehead atoms. The van der Waals surface area contributed by atoms with E-state index < -0.39 is 10.0 Å².